The van der Waals surface area contributed by atoms with Crippen molar-refractivity contribution in [3.63, 3.8) is 0 Å². The molecule has 226 valence electrons. The summed E-state index contributed by atoms with van der Waals surface area (Å²) in [5, 5.41) is 11.5. The molecular formula is C36H42ClN3O3. The van der Waals surface area contributed by atoms with Crippen LogP contribution in [0.1, 0.15) is 80.3 Å². The fourth-order valence-electron chi connectivity index (χ4n) is 6.80. The molecule has 3 aliphatic rings. The Labute approximate surface area is 260 Å². The van der Waals surface area contributed by atoms with Crippen LogP contribution >= 0.6 is 11.6 Å². The van der Waals surface area contributed by atoms with Crippen LogP contribution < -0.4 is 4.74 Å². The molecule has 1 saturated heterocycles. The summed E-state index contributed by atoms with van der Waals surface area (Å²) in [5.74, 6) is 1.29. The highest BCUT2D eigenvalue weighted by molar-refractivity contribution is 6.30. The Balaban J connectivity index is 1.19. The van der Waals surface area contributed by atoms with Crippen molar-refractivity contribution in [2.45, 2.75) is 77.2 Å². The van der Waals surface area contributed by atoms with E-state index >= 15 is 0 Å². The lowest BCUT2D eigenvalue weighted by Gasteiger charge is -2.32. The first kappa shape index (κ1) is 29.9. The van der Waals surface area contributed by atoms with Gasteiger partial charge in [-0.15, -0.1) is 0 Å². The molecule has 3 heterocycles. The predicted molar refractivity (Wildman–Crippen MR) is 171 cm³/mol. The SMILES string of the molecule is CC(C)(O)c1ccc2c(c1)/C(=C/CCN1CC[C@H](N(Cc3ccc(Cl)cc3)C(=O)C3CCCC3)C1)c1cccnc1CO2. The second-order valence-corrected chi connectivity index (χ2v) is 13.2. The Hall–Kier alpha value is -3.19. The number of amides is 1. The van der Waals surface area contributed by atoms with Gasteiger partial charge in [0.1, 0.15) is 12.4 Å². The van der Waals surface area contributed by atoms with Crippen molar-refractivity contribution in [3.05, 3.63) is 99.8 Å². The normalized spacial score (nSPS) is 20.0. The number of halogens is 1. The summed E-state index contributed by atoms with van der Waals surface area (Å²) in [6.45, 7) is 7.43. The van der Waals surface area contributed by atoms with E-state index in [-0.39, 0.29) is 12.0 Å². The molecular weight excluding hydrogens is 558 g/mol. The largest absolute Gasteiger partial charge is 0.487 e. The van der Waals surface area contributed by atoms with Gasteiger partial charge in [0.15, 0.2) is 0 Å². The van der Waals surface area contributed by atoms with Gasteiger partial charge in [-0.1, -0.05) is 54.8 Å². The number of fused-ring (bicyclic) bond motifs is 2. The number of ether oxygens (including phenoxy) is 1. The number of hydrogen-bond acceptors (Lipinski definition) is 5. The van der Waals surface area contributed by atoms with Crippen LogP contribution in [0.4, 0.5) is 0 Å². The van der Waals surface area contributed by atoms with Crippen molar-refractivity contribution in [3.8, 4) is 5.75 Å². The van der Waals surface area contributed by atoms with E-state index in [2.05, 4.69) is 33.0 Å². The molecule has 0 radical (unpaired) electrons. The first-order chi connectivity index (χ1) is 20.8. The maximum Gasteiger partial charge on any atom is 0.226 e. The first-order valence-corrected chi connectivity index (χ1v) is 16.1. The van der Waals surface area contributed by atoms with Crippen LogP contribution in [-0.4, -0.2) is 51.5 Å². The van der Waals surface area contributed by atoms with Gasteiger partial charge in [-0.2, -0.15) is 0 Å². The molecule has 1 amide bonds. The monoisotopic (exact) mass is 599 g/mol. The van der Waals surface area contributed by atoms with E-state index in [1.54, 1.807) is 0 Å². The van der Waals surface area contributed by atoms with Crippen molar-refractivity contribution in [1.82, 2.24) is 14.8 Å². The summed E-state index contributed by atoms with van der Waals surface area (Å²) in [7, 11) is 0. The van der Waals surface area contributed by atoms with Crippen LogP contribution in [0.15, 0.2) is 66.9 Å². The average molecular weight is 600 g/mol. The van der Waals surface area contributed by atoms with Crippen LogP contribution in [0.5, 0.6) is 5.75 Å². The molecule has 2 aliphatic heterocycles. The van der Waals surface area contributed by atoms with Gasteiger partial charge >= 0.3 is 0 Å². The number of aliphatic hydroxyl groups is 1. The van der Waals surface area contributed by atoms with Gasteiger partial charge in [0.2, 0.25) is 5.91 Å². The van der Waals surface area contributed by atoms with E-state index in [4.69, 9.17) is 16.3 Å². The van der Waals surface area contributed by atoms with E-state index in [0.29, 0.717) is 19.1 Å². The summed E-state index contributed by atoms with van der Waals surface area (Å²) in [4.78, 5) is 23.0. The van der Waals surface area contributed by atoms with Gasteiger partial charge in [-0.3, -0.25) is 9.78 Å². The Morgan fingerprint density at radius 2 is 1.91 bits per heavy atom. The molecule has 0 unspecified atom stereocenters. The molecule has 1 N–H and O–H groups in total. The number of rotatable bonds is 8. The molecule has 6 rings (SSSR count). The zero-order chi connectivity index (χ0) is 30.0. The fraction of sp³-hybridized carbons (Fsp3) is 0.444. The van der Waals surface area contributed by atoms with Gasteiger partial charge in [-0.05, 0) is 86.6 Å². The van der Waals surface area contributed by atoms with E-state index in [0.717, 1.165) is 102 Å². The van der Waals surface area contributed by atoms with Gasteiger partial charge in [-0.25, -0.2) is 0 Å². The van der Waals surface area contributed by atoms with Gasteiger partial charge in [0, 0.05) is 60.5 Å². The van der Waals surface area contributed by atoms with Crippen LogP contribution in [0.25, 0.3) is 5.57 Å². The molecule has 0 bridgehead atoms. The van der Waals surface area contributed by atoms with Crippen molar-refractivity contribution in [1.29, 1.82) is 0 Å². The average Bonchev–Trinajstić information content (AvgIpc) is 3.68. The Kier molecular flexibility index (Phi) is 8.90. The number of hydrogen-bond donors (Lipinski definition) is 1. The summed E-state index contributed by atoms with van der Waals surface area (Å²) in [5.41, 5.74) is 5.10. The number of nitrogens with zero attached hydrogens (tertiary/aromatic N) is 3. The van der Waals surface area contributed by atoms with Crippen molar-refractivity contribution >= 4 is 23.1 Å². The number of carbonyl (C=O) groups excluding carboxylic acids is 1. The number of benzene rings is 2. The minimum Gasteiger partial charge on any atom is -0.487 e. The second-order valence-electron chi connectivity index (χ2n) is 12.8. The molecule has 43 heavy (non-hydrogen) atoms. The highest BCUT2D eigenvalue weighted by atomic mass is 35.5. The number of aromatic nitrogens is 1. The smallest absolute Gasteiger partial charge is 0.226 e. The molecule has 7 heteroatoms. The van der Waals surface area contributed by atoms with Crippen LogP contribution in [0.2, 0.25) is 5.02 Å². The third-order valence-electron chi connectivity index (χ3n) is 9.26. The molecule has 1 atom stereocenters. The molecule has 3 aromatic rings. The lowest BCUT2D eigenvalue weighted by atomic mass is 9.90. The maximum absolute atomic E-state index is 13.7. The molecule has 1 aliphatic carbocycles. The van der Waals surface area contributed by atoms with E-state index in [1.807, 2.05) is 62.5 Å². The Bertz CT molecular complexity index is 1470. The molecule has 2 fully saturated rings. The topological polar surface area (TPSA) is 65.9 Å². The molecule has 0 spiro atoms. The highest BCUT2D eigenvalue weighted by Gasteiger charge is 2.35. The quantitative estimate of drug-likeness (QED) is 0.303. The van der Waals surface area contributed by atoms with Gasteiger partial charge in [0.05, 0.1) is 11.3 Å². The van der Waals surface area contributed by atoms with Crippen molar-refractivity contribution in [2.24, 2.45) is 5.92 Å². The lowest BCUT2D eigenvalue weighted by molar-refractivity contribution is -0.138. The Morgan fingerprint density at radius 1 is 1.12 bits per heavy atom. The predicted octanol–water partition coefficient (Wildman–Crippen LogP) is 6.97. The summed E-state index contributed by atoms with van der Waals surface area (Å²) < 4.78 is 6.17. The molecule has 1 aromatic heterocycles. The van der Waals surface area contributed by atoms with Gasteiger partial charge in [0.25, 0.3) is 0 Å². The zero-order valence-electron chi connectivity index (χ0n) is 25.3. The third-order valence-corrected chi connectivity index (χ3v) is 9.51. The van der Waals surface area contributed by atoms with Crippen molar-refractivity contribution < 1.29 is 14.6 Å². The Morgan fingerprint density at radius 3 is 2.67 bits per heavy atom. The summed E-state index contributed by atoms with van der Waals surface area (Å²) >= 11 is 6.14. The fourth-order valence-corrected chi connectivity index (χ4v) is 6.92. The van der Waals surface area contributed by atoms with Crippen LogP contribution in [-0.2, 0) is 23.5 Å². The number of carbonyl (C=O) groups is 1. The lowest BCUT2D eigenvalue weighted by Crippen LogP contribution is -2.44. The minimum atomic E-state index is -0.956. The highest BCUT2D eigenvalue weighted by Crippen LogP contribution is 2.39. The standard InChI is InChI=1S/C36H42ClN3O3/c1-36(2,42)27-13-16-34-32(21-27)30(31-9-5-18-38-33(31)24-43-34)10-6-19-39-20-17-29(23-39)40(35(41)26-7-3-4-8-26)22-25-11-14-28(37)15-12-25/h5,9-16,18,21,26,29,42H,3-4,6-8,17,19-20,22-24H2,1-2H3/b30-10+/t29-/m0/s1. The van der Waals surface area contributed by atoms with E-state index in [9.17, 15) is 9.90 Å². The summed E-state index contributed by atoms with van der Waals surface area (Å²) in [6.07, 6.45) is 10.3. The molecule has 2 aromatic carbocycles. The summed E-state index contributed by atoms with van der Waals surface area (Å²) in [6, 6.07) is 18.2. The minimum absolute atomic E-state index is 0.158. The van der Waals surface area contributed by atoms with E-state index < -0.39 is 5.60 Å². The van der Waals surface area contributed by atoms with Crippen molar-refractivity contribution in [2.75, 3.05) is 19.6 Å². The number of pyridine rings is 1. The second kappa shape index (κ2) is 12.8. The molecule has 6 nitrogen and oxygen atoms in total. The first-order valence-electron chi connectivity index (χ1n) is 15.7. The van der Waals surface area contributed by atoms with E-state index in [1.165, 1.54) is 0 Å². The van der Waals surface area contributed by atoms with Crippen LogP contribution in [0.3, 0.4) is 0 Å². The zero-order valence-corrected chi connectivity index (χ0v) is 26.0. The molecule has 1 saturated carbocycles. The van der Waals surface area contributed by atoms with Crippen LogP contribution in [0, 0.1) is 5.92 Å². The third kappa shape index (κ3) is 6.82. The maximum atomic E-state index is 13.7. The van der Waals surface area contributed by atoms with Gasteiger partial charge < -0.3 is 19.6 Å². The number of likely N-dealkylation sites (tertiary alicyclic amines) is 1.